The molecule has 0 N–H and O–H groups in total. The Morgan fingerprint density at radius 3 is 2.29 bits per heavy atom. The molecular weight excluding hydrogens is 305 g/mol. The Balaban J connectivity index is 2.17. The molecule has 0 fully saturated rings. The van der Waals surface area contributed by atoms with E-state index >= 15 is 0 Å². The van der Waals surface area contributed by atoms with E-state index in [1.165, 1.54) is 6.08 Å². The summed E-state index contributed by atoms with van der Waals surface area (Å²) in [6.45, 7) is 0. The molecule has 0 unspecified atom stereocenters. The second-order valence-corrected chi connectivity index (χ2v) is 5.65. The second kappa shape index (κ2) is 6.79. The van der Waals surface area contributed by atoms with Crippen LogP contribution in [-0.2, 0) is 0 Å². The monoisotopic (exact) mass is 319 g/mol. The van der Waals surface area contributed by atoms with Gasteiger partial charge < -0.3 is 4.90 Å². The molecule has 2 aromatic rings. The average molecular weight is 320 g/mol. The summed E-state index contributed by atoms with van der Waals surface area (Å²) in [5.74, 6) is -0.0839. The number of nitrogens with zero attached hydrogens (tertiary/aromatic N) is 1. The van der Waals surface area contributed by atoms with Crippen LogP contribution in [0.2, 0.25) is 10.0 Å². The highest BCUT2D eigenvalue weighted by atomic mass is 35.5. The van der Waals surface area contributed by atoms with E-state index in [9.17, 15) is 4.79 Å². The van der Waals surface area contributed by atoms with Crippen molar-refractivity contribution in [3.63, 3.8) is 0 Å². The molecule has 4 heteroatoms. The fourth-order valence-corrected chi connectivity index (χ4v) is 2.17. The zero-order chi connectivity index (χ0) is 15.4. The van der Waals surface area contributed by atoms with E-state index in [4.69, 9.17) is 23.2 Å². The predicted molar refractivity (Wildman–Crippen MR) is 90.6 cm³/mol. The van der Waals surface area contributed by atoms with Crippen LogP contribution in [0.5, 0.6) is 0 Å². The number of hydrogen-bond acceptors (Lipinski definition) is 2. The van der Waals surface area contributed by atoms with Crippen molar-refractivity contribution < 1.29 is 4.79 Å². The van der Waals surface area contributed by atoms with Gasteiger partial charge in [-0.1, -0.05) is 29.3 Å². The zero-order valence-corrected chi connectivity index (χ0v) is 13.3. The van der Waals surface area contributed by atoms with Crippen LogP contribution >= 0.6 is 23.2 Å². The van der Waals surface area contributed by atoms with Gasteiger partial charge in [0, 0.05) is 35.4 Å². The minimum atomic E-state index is -0.0839. The lowest BCUT2D eigenvalue weighted by atomic mass is 10.1. The Morgan fingerprint density at radius 1 is 1.05 bits per heavy atom. The highest BCUT2D eigenvalue weighted by Gasteiger charge is 2.04. The van der Waals surface area contributed by atoms with Gasteiger partial charge in [0.2, 0.25) is 0 Å². The van der Waals surface area contributed by atoms with E-state index in [-0.39, 0.29) is 5.78 Å². The molecule has 0 aliphatic carbocycles. The molecular formula is C17H15Cl2NO. The van der Waals surface area contributed by atoms with Crippen molar-refractivity contribution in [2.75, 3.05) is 19.0 Å². The third-order valence-corrected chi connectivity index (χ3v) is 3.62. The number of benzene rings is 2. The smallest absolute Gasteiger partial charge is 0.185 e. The van der Waals surface area contributed by atoms with Crippen molar-refractivity contribution in [1.29, 1.82) is 0 Å². The quantitative estimate of drug-likeness (QED) is 0.586. The van der Waals surface area contributed by atoms with Crippen molar-refractivity contribution >= 4 is 40.7 Å². The molecule has 0 radical (unpaired) electrons. The first-order valence-corrected chi connectivity index (χ1v) is 7.18. The molecule has 0 heterocycles. The van der Waals surface area contributed by atoms with Crippen LogP contribution in [-0.4, -0.2) is 19.9 Å². The number of carbonyl (C=O) groups excluding carboxylic acids is 1. The zero-order valence-electron chi connectivity index (χ0n) is 11.8. The second-order valence-electron chi connectivity index (χ2n) is 4.80. The van der Waals surface area contributed by atoms with Gasteiger partial charge in [-0.2, -0.15) is 0 Å². The van der Waals surface area contributed by atoms with E-state index < -0.39 is 0 Å². The summed E-state index contributed by atoms with van der Waals surface area (Å²) < 4.78 is 0. The third-order valence-electron chi connectivity index (χ3n) is 3.04. The van der Waals surface area contributed by atoms with E-state index in [1.54, 1.807) is 30.3 Å². The number of rotatable bonds is 4. The number of ketones is 1. The van der Waals surface area contributed by atoms with Crippen LogP contribution in [0.3, 0.4) is 0 Å². The lowest BCUT2D eigenvalue weighted by Crippen LogP contribution is -2.08. The van der Waals surface area contributed by atoms with Crippen molar-refractivity contribution in [3.05, 3.63) is 69.7 Å². The standard InChI is InChI=1S/C17H15Cl2NO/c1-20(2)15-9-5-12(16(19)11-15)6-10-17(21)13-3-7-14(18)8-4-13/h3-11H,1-2H3/b10-6-. The minimum absolute atomic E-state index is 0.0839. The average Bonchev–Trinajstić information content (AvgIpc) is 2.46. The molecule has 0 atom stereocenters. The SMILES string of the molecule is CN(C)c1ccc(/C=C\C(=O)c2ccc(Cl)cc2)c(Cl)c1. The van der Waals surface area contributed by atoms with Gasteiger partial charge >= 0.3 is 0 Å². The van der Waals surface area contributed by atoms with Crippen molar-refractivity contribution in [1.82, 2.24) is 0 Å². The Morgan fingerprint density at radius 2 is 1.71 bits per heavy atom. The van der Waals surface area contributed by atoms with Crippen LogP contribution in [0.4, 0.5) is 5.69 Å². The molecule has 0 aromatic heterocycles. The van der Waals surface area contributed by atoms with Crippen LogP contribution < -0.4 is 4.90 Å². The Bertz CT molecular complexity index is 676. The van der Waals surface area contributed by atoms with E-state index in [0.717, 1.165) is 11.3 Å². The summed E-state index contributed by atoms with van der Waals surface area (Å²) in [7, 11) is 3.90. The summed E-state index contributed by atoms with van der Waals surface area (Å²) >= 11 is 12.0. The first kappa shape index (κ1) is 15.6. The van der Waals surface area contributed by atoms with Crippen LogP contribution in [0.25, 0.3) is 6.08 Å². The van der Waals surface area contributed by atoms with Gasteiger partial charge in [-0.3, -0.25) is 4.79 Å². The summed E-state index contributed by atoms with van der Waals surface area (Å²) in [6, 6.07) is 12.5. The number of carbonyl (C=O) groups is 1. The van der Waals surface area contributed by atoms with E-state index in [0.29, 0.717) is 15.6 Å². The number of halogens is 2. The minimum Gasteiger partial charge on any atom is -0.378 e. The highest BCUT2D eigenvalue weighted by Crippen LogP contribution is 2.23. The number of hydrogen-bond donors (Lipinski definition) is 0. The maximum Gasteiger partial charge on any atom is 0.185 e. The number of allylic oxidation sites excluding steroid dienone is 1. The normalized spacial score (nSPS) is 10.9. The highest BCUT2D eigenvalue weighted by molar-refractivity contribution is 6.32. The predicted octanol–water partition coefficient (Wildman–Crippen LogP) is 4.96. The fraction of sp³-hybridized carbons (Fsp3) is 0.118. The molecule has 0 aliphatic heterocycles. The lowest BCUT2D eigenvalue weighted by Gasteiger charge is -2.13. The van der Waals surface area contributed by atoms with Crippen LogP contribution in [0.1, 0.15) is 15.9 Å². The fourth-order valence-electron chi connectivity index (χ4n) is 1.81. The molecule has 0 amide bonds. The Kier molecular flexibility index (Phi) is 5.05. The lowest BCUT2D eigenvalue weighted by molar-refractivity contribution is 0.104. The van der Waals surface area contributed by atoms with Crippen molar-refractivity contribution in [3.8, 4) is 0 Å². The summed E-state index contributed by atoms with van der Waals surface area (Å²) in [5, 5.41) is 1.22. The largest absolute Gasteiger partial charge is 0.378 e. The molecule has 0 saturated carbocycles. The number of anilines is 1. The van der Waals surface area contributed by atoms with Crippen molar-refractivity contribution in [2.45, 2.75) is 0 Å². The van der Waals surface area contributed by atoms with Gasteiger partial charge in [-0.15, -0.1) is 0 Å². The van der Waals surface area contributed by atoms with Gasteiger partial charge in [0.25, 0.3) is 0 Å². The molecule has 21 heavy (non-hydrogen) atoms. The molecule has 0 aliphatic rings. The van der Waals surface area contributed by atoms with Gasteiger partial charge in [0.05, 0.1) is 0 Å². The van der Waals surface area contributed by atoms with Gasteiger partial charge in [-0.25, -0.2) is 0 Å². The Labute approximate surface area is 134 Å². The first-order valence-electron chi connectivity index (χ1n) is 6.42. The maximum atomic E-state index is 12.0. The molecule has 0 bridgehead atoms. The van der Waals surface area contributed by atoms with Crippen LogP contribution in [0.15, 0.2) is 48.5 Å². The summed E-state index contributed by atoms with van der Waals surface area (Å²) in [4.78, 5) is 14.0. The Hall–Kier alpha value is -1.77. The maximum absolute atomic E-state index is 12.0. The summed E-state index contributed by atoms with van der Waals surface area (Å²) in [5.41, 5.74) is 2.42. The first-order chi connectivity index (χ1) is 9.97. The van der Waals surface area contributed by atoms with Gasteiger partial charge in [-0.05, 0) is 54.1 Å². The van der Waals surface area contributed by atoms with Crippen LogP contribution in [0, 0.1) is 0 Å². The molecule has 2 nitrogen and oxygen atoms in total. The van der Waals surface area contributed by atoms with Gasteiger partial charge in [0.1, 0.15) is 0 Å². The topological polar surface area (TPSA) is 20.3 Å². The van der Waals surface area contributed by atoms with E-state index in [2.05, 4.69) is 0 Å². The molecule has 2 rings (SSSR count). The van der Waals surface area contributed by atoms with Gasteiger partial charge in [0.15, 0.2) is 5.78 Å². The summed E-state index contributed by atoms with van der Waals surface area (Å²) in [6.07, 6.45) is 3.23. The molecule has 2 aromatic carbocycles. The molecule has 0 saturated heterocycles. The third kappa shape index (κ3) is 4.10. The van der Waals surface area contributed by atoms with E-state index in [1.807, 2.05) is 37.2 Å². The van der Waals surface area contributed by atoms with Crippen molar-refractivity contribution in [2.24, 2.45) is 0 Å². The molecule has 108 valence electrons. The molecule has 0 spiro atoms.